The van der Waals surface area contributed by atoms with Crippen molar-refractivity contribution in [3.8, 4) is 0 Å². The van der Waals surface area contributed by atoms with E-state index in [9.17, 15) is 0 Å². The third-order valence-electron chi connectivity index (χ3n) is 2.89. The molecular formula is C11H14N4. The molecule has 3 N–H and O–H groups in total. The standard InChI is InChI=1S/C11H14N4/c1-7-2-5-10-9(6-7)13-11(14-12)15(10)8-3-4-8/h2,5-6,8H,3-4,12H2,1H3,(H,13,14). The minimum atomic E-state index is 0.587. The highest BCUT2D eigenvalue weighted by Gasteiger charge is 2.27. The molecule has 1 heterocycles. The number of fused-ring (bicyclic) bond motifs is 1. The fourth-order valence-electron chi connectivity index (χ4n) is 2.01. The summed E-state index contributed by atoms with van der Waals surface area (Å²) in [6.07, 6.45) is 2.46. The molecule has 0 atom stereocenters. The second kappa shape index (κ2) is 2.97. The smallest absolute Gasteiger partial charge is 0.218 e. The van der Waals surface area contributed by atoms with Crippen LogP contribution in [-0.4, -0.2) is 9.55 Å². The zero-order valence-corrected chi connectivity index (χ0v) is 8.70. The van der Waals surface area contributed by atoms with Crippen LogP contribution in [0.1, 0.15) is 24.4 Å². The quantitative estimate of drug-likeness (QED) is 0.578. The van der Waals surface area contributed by atoms with E-state index < -0.39 is 0 Å². The highest BCUT2D eigenvalue weighted by Crippen LogP contribution is 2.39. The number of nitrogens with two attached hydrogens (primary N) is 1. The van der Waals surface area contributed by atoms with Crippen LogP contribution in [-0.2, 0) is 0 Å². The van der Waals surface area contributed by atoms with Crippen molar-refractivity contribution >= 4 is 17.0 Å². The molecule has 0 aliphatic heterocycles. The summed E-state index contributed by atoms with van der Waals surface area (Å²) >= 11 is 0. The predicted molar refractivity (Wildman–Crippen MR) is 60.6 cm³/mol. The van der Waals surface area contributed by atoms with Crippen LogP contribution in [0.2, 0.25) is 0 Å². The van der Waals surface area contributed by atoms with Gasteiger partial charge in [-0.15, -0.1) is 0 Å². The van der Waals surface area contributed by atoms with Gasteiger partial charge in [-0.05, 0) is 37.5 Å². The number of hydrazine groups is 1. The van der Waals surface area contributed by atoms with Crippen molar-refractivity contribution in [1.29, 1.82) is 0 Å². The molecule has 1 aromatic carbocycles. The molecule has 15 heavy (non-hydrogen) atoms. The van der Waals surface area contributed by atoms with Crippen LogP contribution < -0.4 is 11.3 Å². The Morgan fingerprint density at radius 2 is 2.27 bits per heavy atom. The van der Waals surface area contributed by atoms with Gasteiger partial charge in [0.1, 0.15) is 0 Å². The molecule has 0 unspecified atom stereocenters. The highest BCUT2D eigenvalue weighted by molar-refractivity contribution is 5.79. The Balaban J connectivity index is 2.28. The molecule has 0 radical (unpaired) electrons. The molecule has 0 bridgehead atoms. The van der Waals surface area contributed by atoms with Crippen molar-refractivity contribution in [2.45, 2.75) is 25.8 Å². The van der Waals surface area contributed by atoms with Crippen molar-refractivity contribution in [3.63, 3.8) is 0 Å². The number of hydrogen-bond donors (Lipinski definition) is 2. The second-order valence-electron chi connectivity index (χ2n) is 4.17. The third kappa shape index (κ3) is 1.29. The van der Waals surface area contributed by atoms with Gasteiger partial charge < -0.3 is 4.57 Å². The van der Waals surface area contributed by atoms with E-state index in [-0.39, 0.29) is 0 Å². The summed E-state index contributed by atoms with van der Waals surface area (Å²) in [4.78, 5) is 4.48. The van der Waals surface area contributed by atoms with Gasteiger partial charge >= 0.3 is 0 Å². The van der Waals surface area contributed by atoms with Crippen LogP contribution in [0.25, 0.3) is 11.0 Å². The van der Waals surface area contributed by atoms with Gasteiger partial charge in [0.25, 0.3) is 0 Å². The van der Waals surface area contributed by atoms with Crippen molar-refractivity contribution in [1.82, 2.24) is 9.55 Å². The Labute approximate surface area is 88.1 Å². The number of nitrogen functional groups attached to an aromatic ring is 1. The first-order chi connectivity index (χ1) is 7.29. The van der Waals surface area contributed by atoms with Gasteiger partial charge in [0.2, 0.25) is 5.95 Å². The maximum absolute atomic E-state index is 5.48. The van der Waals surface area contributed by atoms with E-state index >= 15 is 0 Å². The number of aromatic nitrogens is 2. The lowest BCUT2D eigenvalue weighted by molar-refractivity contribution is 0.770. The van der Waals surface area contributed by atoms with Crippen molar-refractivity contribution in [3.05, 3.63) is 23.8 Å². The summed E-state index contributed by atoms with van der Waals surface area (Å²) in [7, 11) is 0. The first-order valence-electron chi connectivity index (χ1n) is 5.25. The van der Waals surface area contributed by atoms with Crippen LogP contribution in [0.3, 0.4) is 0 Å². The topological polar surface area (TPSA) is 55.9 Å². The normalized spacial score (nSPS) is 15.9. The number of nitrogens with one attached hydrogen (secondary N) is 1. The summed E-state index contributed by atoms with van der Waals surface area (Å²) in [5.41, 5.74) is 6.11. The maximum Gasteiger partial charge on any atom is 0.218 e. The third-order valence-corrected chi connectivity index (χ3v) is 2.89. The monoisotopic (exact) mass is 202 g/mol. The zero-order valence-electron chi connectivity index (χ0n) is 8.70. The Bertz CT molecular complexity index is 511. The number of imidazole rings is 1. The lowest BCUT2D eigenvalue weighted by Gasteiger charge is -2.05. The number of nitrogens with zero attached hydrogens (tertiary/aromatic N) is 2. The number of hydrogen-bond acceptors (Lipinski definition) is 3. The van der Waals surface area contributed by atoms with Crippen LogP contribution in [0, 0.1) is 6.92 Å². The molecule has 1 saturated carbocycles. The molecule has 1 aliphatic rings. The van der Waals surface area contributed by atoms with Crippen molar-refractivity contribution in [2.75, 3.05) is 5.43 Å². The van der Waals surface area contributed by atoms with Crippen LogP contribution in [0.15, 0.2) is 18.2 Å². The lowest BCUT2D eigenvalue weighted by atomic mass is 10.2. The number of rotatable bonds is 2. The molecule has 4 heteroatoms. The average molecular weight is 202 g/mol. The number of anilines is 1. The van der Waals surface area contributed by atoms with E-state index in [0.29, 0.717) is 6.04 Å². The minimum absolute atomic E-state index is 0.587. The van der Waals surface area contributed by atoms with E-state index in [1.165, 1.54) is 23.9 Å². The predicted octanol–water partition coefficient (Wildman–Crippen LogP) is 1.97. The van der Waals surface area contributed by atoms with E-state index in [2.05, 4.69) is 40.1 Å². The molecule has 4 nitrogen and oxygen atoms in total. The van der Waals surface area contributed by atoms with Crippen LogP contribution in [0.4, 0.5) is 5.95 Å². The molecule has 0 saturated heterocycles. The summed E-state index contributed by atoms with van der Waals surface area (Å²) in [6, 6.07) is 6.92. The Morgan fingerprint density at radius 3 is 2.93 bits per heavy atom. The van der Waals surface area contributed by atoms with Gasteiger partial charge in [0.15, 0.2) is 0 Å². The molecular weight excluding hydrogens is 188 g/mol. The van der Waals surface area contributed by atoms with Gasteiger partial charge in [-0.3, -0.25) is 5.43 Å². The molecule has 78 valence electrons. The van der Waals surface area contributed by atoms with E-state index in [1.54, 1.807) is 0 Å². The van der Waals surface area contributed by atoms with Gasteiger partial charge in [0, 0.05) is 6.04 Å². The molecule has 0 amide bonds. The van der Waals surface area contributed by atoms with E-state index in [1.807, 2.05) is 0 Å². The van der Waals surface area contributed by atoms with Gasteiger partial charge in [-0.25, -0.2) is 10.8 Å². The average Bonchev–Trinajstić information content (AvgIpc) is 2.99. The second-order valence-corrected chi connectivity index (χ2v) is 4.17. The Morgan fingerprint density at radius 1 is 1.47 bits per heavy atom. The zero-order chi connectivity index (χ0) is 10.4. The number of benzene rings is 1. The first kappa shape index (κ1) is 8.73. The summed E-state index contributed by atoms with van der Waals surface area (Å²) in [5, 5.41) is 0. The first-order valence-corrected chi connectivity index (χ1v) is 5.25. The van der Waals surface area contributed by atoms with E-state index in [4.69, 9.17) is 5.84 Å². The Hall–Kier alpha value is -1.55. The molecule has 1 aliphatic carbocycles. The summed E-state index contributed by atoms with van der Waals surface area (Å²) < 4.78 is 2.20. The molecule has 1 aromatic heterocycles. The van der Waals surface area contributed by atoms with Gasteiger partial charge in [0.05, 0.1) is 11.0 Å². The Kier molecular flexibility index (Phi) is 1.73. The molecule has 0 spiro atoms. The molecule has 2 aromatic rings. The largest absolute Gasteiger partial charge is 0.306 e. The highest BCUT2D eigenvalue weighted by atomic mass is 15.4. The maximum atomic E-state index is 5.48. The lowest BCUT2D eigenvalue weighted by Crippen LogP contribution is -2.12. The summed E-state index contributed by atoms with van der Waals surface area (Å²) in [6.45, 7) is 2.07. The minimum Gasteiger partial charge on any atom is -0.306 e. The fourth-order valence-corrected chi connectivity index (χ4v) is 2.01. The SMILES string of the molecule is Cc1ccc2c(c1)nc(NN)n2C1CC1. The van der Waals surface area contributed by atoms with E-state index in [0.717, 1.165) is 11.5 Å². The van der Waals surface area contributed by atoms with Crippen LogP contribution in [0.5, 0.6) is 0 Å². The molecule has 3 rings (SSSR count). The van der Waals surface area contributed by atoms with Crippen molar-refractivity contribution in [2.24, 2.45) is 5.84 Å². The van der Waals surface area contributed by atoms with Crippen molar-refractivity contribution < 1.29 is 0 Å². The fraction of sp³-hybridized carbons (Fsp3) is 0.364. The molecule has 1 fully saturated rings. The number of aryl methyl sites for hydroxylation is 1. The van der Waals surface area contributed by atoms with Gasteiger partial charge in [-0.2, -0.15) is 0 Å². The van der Waals surface area contributed by atoms with Gasteiger partial charge in [-0.1, -0.05) is 6.07 Å². The summed E-state index contributed by atoms with van der Waals surface area (Å²) in [5.74, 6) is 6.26. The van der Waals surface area contributed by atoms with Crippen LogP contribution >= 0.6 is 0 Å².